The Morgan fingerprint density at radius 3 is 2.63 bits per heavy atom. The number of nitrogens with zero attached hydrogens (tertiary/aromatic N) is 4. The molecule has 180 valence electrons. The smallest absolute Gasteiger partial charge is 0.343 e. The Morgan fingerprint density at radius 1 is 1.23 bits per heavy atom. The molecule has 2 aliphatic heterocycles. The number of halogens is 1. The molecule has 8 nitrogen and oxygen atoms in total. The number of carbonyl (C=O) groups is 1. The van der Waals surface area contributed by atoms with Gasteiger partial charge in [-0.1, -0.05) is 0 Å². The third kappa shape index (κ3) is 3.70. The van der Waals surface area contributed by atoms with Crippen molar-refractivity contribution in [3.05, 3.63) is 57.6 Å². The Labute approximate surface area is 201 Å². The summed E-state index contributed by atoms with van der Waals surface area (Å²) in [6, 6.07) is 8.51. The molecule has 35 heavy (non-hydrogen) atoms. The minimum Gasteiger partial charge on any atom is -0.462 e. The quantitative estimate of drug-likeness (QED) is 0.414. The number of aromatic nitrogens is 1. The minimum absolute atomic E-state index is 0.0145. The minimum atomic E-state index is -0.788. The maximum Gasteiger partial charge on any atom is 0.343 e. The molecule has 3 aromatic rings. The summed E-state index contributed by atoms with van der Waals surface area (Å²) in [6.45, 7) is 8.74. The summed E-state index contributed by atoms with van der Waals surface area (Å²) in [5.41, 5.74) is 0.663. The van der Waals surface area contributed by atoms with E-state index in [1.54, 1.807) is 29.7 Å². The van der Waals surface area contributed by atoms with Gasteiger partial charge in [0, 0.05) is 38.4 Å². The molecule has 3 heterocycles. The number of fused-ring (bicyclic) bond motifs is 2. The molecule has 0 atom stereocenters. The van der Waals surface area contributed by atoms with Gasteiger partial charge in [-0.05, 0) is 45.0 Å². The van der Waals surface area contributed by atoms with Crippen molar-refractivity contribution < 1.29 is 18.7 Å². The van der Waals surface area contributed by atoms with Crippen LogP contribution < -0.4 is 15.1 Å². The lowest BCUT2D eigenvalue weighted by molar-refractivity contribution is 0.0524. The Hall–Kier alpha value is -3.90. The summed E-state index contributed by atoms with van der Waals surface area (Å²) in [6.07, 6.45) is 1.40. The van der Waals surface area contributed by atoms with Gasteiger partial charge >= 0.3 is 5.97 Å². The van der Waals surface area contributed by atoms with Crippen molar-refractivity contribution in [2.24, 2.45) is 0 Å². The predicted molar refractivity (Wildman–Crippen MR) is 129 cm³/mol. The van der Waals surface area contributed by atoms with Crippen LogP contribution in [0.3, 0.4) is 0 Å². The van der Waals surface area contributed by atoms with E-state index in [0.29, 0.717) is 41.6 Å². The van der Waals surface area contributed by atoms with E-state index in [1.807, 2.05) is 4.90 Å². The summed E-state index contributed by atoms with van der Waals surface area (Å²) >= 11 is 0. The highest BCUT2D eigenvalue weighted by Crippen LogP contribution is 2.46. The highest BCUT2D eigenvalue weighted by atomic mass is 19.1. The number of pyridine rings is 1. The number of nitriles is 1. The van der Waals surface area contributed by atoms with Gasteiger partial charge in [0.1, 0.15) is 16.8 Å². The lowest BCUT2D eigenvalue weighted by atomic mass is 10.0. The molecule has 0 spiro atoms. The van der Waals surface area contributed by atoms with E-state index >= 15 is 4.39 Å². The number of ether oxygens (including phenoxy) is 2. The molecule has 0 bridgehead atoms. The molecular weight excluding hydrogens is 451 g/mol. The second-order valence-electron chi connectivity index (χ2n) is 8.91. The summed E-state index contributed by atoms with van der Waals surface area (Å²) in [5.74, 6) is -0.762. The number of hydrogen-bond donors (Lipinski definition) is 0. The van der Waals surface area contributed by atoms with Gasteiger partial charge < -0.3 is 18.9 Å². The van der Waals surface area contributed by atoms with Crippen molar-refractivity contribution in [2.75, 3.05) is 37.7 Å². The van der Waals surface area contributed by atoms with Gasteiger partial charge in [-0.15, -0.1) is 0 Å². The standard InChI is InChI=1S/C26H25FN4O4/c1-4-34-26(33)18-14-31-20-11-16(13-28)5-6-21(20)35-25-22(31)17(24(18)32)12-19(27)23(25)30-9-7-29(8-10-30)15(2)3/h5-6,11-12,14-15H,4,7-10H2,1-3H3. The zero-order valence-corrected chi connectivity index (χ0v) is 19.8. The largest absolute Gasteiger partial charge is 0.462 e. The monoisotopic (exact) mass is 476 g/mol. The van der Waals surface area contributed by atoms with Crippen LogP contribution in [0.25, 0.3) is 16.6 Å². The Bertz CT molecular complexity index is 1450. The van der Waals surface area contributed by atoms with Crippen molar-refractivity contribution in [1.82, 2.24) is 9.47 Å². The number of esters is 1. The summed E-state index contributed by atoms with van der Waals surface area (Å²) in [4.78, 5) is 30.1. The normalized spacial score (nSPS) is 15.0. The van der Waals surface area contributed by atoms with E-state index in [0.717, 1.165) is 13.1 Å². The van der Waals surface area contributed by atoms with Gasteiger partial charge in [0.2, 0.25) is 5.43 Å². The molecule has 0 radical (unpaired) electrons. The zero-order valence-electron chi connectivity index (χ0n) is 19.8. The first-order chi connectivity index (χ1) is 16.8. The van der Waals surface area contributed by atoms with Crippen LogP contribution in [-0.2, 0) is 4.74 Å². The first-order valence-electron chi connectivity index (χ1n) is 11.6. The number of anilines is 1. The molecule has 1 aromatic heterocycles. The fraction of sp³-hybridized carbons (Fsp3) is 0.346. The SMILES string of the molecule is CCOC(=O)c1cn2c3c(c(N4CCN(C(C)C)CC4)c(F)cc3c1=O)Oc1ccc(C#N)cc1-2. The Morgan fingerprint density at radius 2 is 1.97 bits per heavy atom. The molecule has 0 N–H and O–H groups in total. The summed E-state index contributed by atoms with van der Waals surface area (Å²) in [5, 5.41) is 9.43. The highest BCUT2D eigenvalue weighted by molar-refractivity contribution is 5.99. The van der Waals surface area contributed by atoms with Gasteiger partial charge in [-0.3, -0.25) is 9.69 Å². The molecule has 5 rings (SSSR count). The molecule has 1 saturated heterocycles. The molecule has 0 aliphatic carbocycles. The second kappa shape index (κ2) is 8.71. The lowest BCUT2D eigenvalue weighted by Gasteiger charge is -2.39. The highest BCUT2D eigenvalue weighted by Gasteiger charge is 2.32. The van der Waals surface area contributed by atoms with Gasteiger partial charge in [-0.25, -0.2) is 9.18 Å². The number of benzene rings is 2. The number of rotatable bonds is 4. The van der Waals surface area contributed by atoms with E-state index < -0.39 is 17.2 Å². The molecule has 2 aliphatic rings. The molecule has 0 saturated carbocycles. The zero-order chi connectivity index (χ0) is 24.9. The van der Waals surface area contributed by atoms with E-state index in [1.165, 1.54) is 12.3 Å². The topological polar surface area (TPSA) is 87.8 Å². The number of piperazine rings is 1. The van der Waals surface area contributed by atoms with Gasteiger partial charge in [0.25, 0.3) is 0 Å². The first-order valence-corrected chi connectivity index (χ1v) is 11.6. The predicted octanol–water partition coefficient (Wildman–Crippen LogP) is 3.81. The van der Waals surface area contributed by atoms with Crippen LogP contribution in [0.5, 0.6) is 11.5 Å². The number of hydrogen-bond acceptors (Lipinski definition) is 7. The van der Waals surface area contributed by atoms with Crippen molar-refractivity contribution in [1.29, 1.82) is 5.26 Å². The third-order valence-corrected chi connectivity index (χ3v) is 6.59. The van der Waals surface area contributed by atoms with Crippen molar-refractivity contribution in [3.63, 3.8) is 0 Å². The fourth-order valence-corrected chi connectivity index (χ4v) is 4.78. The number of carbonyl (C=O) groups excluding carboxylic acids is 1. The molecule has 1 fully saturated rings. The summed E-state index contributed by atoms with van der Waals surface area (Å²) < 4.78 is 28.6. The van der Waals surface area contributed by atoms with E-state index in [4.69, 9.17) is 9.47 Å². The van der Waals surface area contributed by atoms with Gasteiger partial charge in [-0.2, -0.15) is 5.26 Å². The van der Waals surface area contributed by atoms with Crippen LogP contribution in [0.2, 0.25) is 0 Å². The molecule has 0 amide bonds. The first kappa shape index (κ1) is 22.9. The van der Waals surface area contributed by atoms with Crippen molar-refractivity contribution in [2.45, 2.75) is 26.8 Å². The van der Waals surface area contributed by atoms with Crippen LogP contribution in [0, 0.1) is 17.1 Å². The van der Waals surface area contributed by atoms with Gasteiger partial charge in [0.05, 0.1) is 29.3 Å². The second-order valence-corrected chi connectivity index (χ2v) is 8.91. The van der Waals surface area contributed by atoms with Crippen LogP contribution in [0.1, 0.15) is 36.7 Å². The van der Waals surface area contributed by atoms with Crippen molar-refractivity contribution in [3.8, 4) is 23.3 Å². The van der Waals surface area contributed by atoms with Crippen LogP contribution in [0.15, 0.2) is 35.3 Å². The lowest BCUT2D eigenvalue weighted by Crippen LogP contribution is -2.49. The fourth-order valence-electron chi connectivity index (χ4n) is 4.78. The van der Waals surface area contributed by atoms with Crippen LogP contribution in [-0.4, -0.2) is 54.3 Å². The third-order valence-electron chi connectivity index (χ3n) is 6.59. The Kier molecular flexibility index (Phi) is 5.69. The molecule has 9 heteroatoms. The van der Waals surface area contributed by atoms with Crippen molar-refractivity contribution >= 4 is 22.6 Å². The van der Waals surface area contributed by atoms with E-state index in [-0.39, 0.29) is 29.0 Å². The molecule has 0 unspecified atom stereocenters. The Balaban J connectivity index is 1.77. The molecule has 2 aromatic carbocycles. The van der Waals surface area contributed by atoms with Crippen LogP contribution in [0.4, 0.5) is 10.1 Å². The van der Waals surface area contributed by atoms with Crippen LogP contribution >= 0.6 is 0 Å². The summed E-state index contributed by atoms with van der Waals surface area (Å²) in [7, 11) is 0. The maximum absolute atomic E-state index is 15.7. The molecular formula is C26H25FN4O4. The van der Waals surface area contributed by atoms with E-state index in [9.17, 15) is 14.9 Å². The average molecular weight is 477 g/mol. The van der Waals surface area contributed by atoms with E-state index in [2.05, 4.69) is 24.8 Å². The average Bonchev–Trinajstić information content (AvgIpc) is 2.85. The van der Waals surface area contributed by atoms with Gasteiger partial charge in [0.15, 0.2) is 17.3 Å². The maximum atomic E-state index is 15.7.